The average molecular weight is 1160 g/mol. The maximum Gasteiger partial charge on any atom is 0.498 e. The molecule has 5 aromatic heterocycles. The number of nitrogens with zero attached hydrogens (tertiary/aromatic N) is 9. The number of rotatable bonds is 10. The van der Waals surface area contributed by atoms with E-state index < -0.39 is 18.5 Å². The third-order valence-corrected chi connectivity index (χ3v) is 13.6. The maximum atomic E-state index is 14.4. The fourth-order valence-electron chi connectivity index (χ4n) is 7.80. The third-order valence-electron chi connectivity index (χ3n) is 12.7. The van der Waals surface area contributed by atoms with Crippen molar-refractivity contribution in [3.8, 4) is 45.5 Å². The van der Waals surface area contributed by atoms with Crippen LogP contribution in [0, 0.1) is 23.5 Å². The van der Waals surface area contributed by atoms with Crippen LogP contribution in [0.1, 0.15) is 59.6 Å². The number of amides is 1. The molecule has 0 saturated carbocycles. The van der Waals surface area contributed by atoms with Crippen molar-refractivity contribution in [3.05, 3.63) is 159 Å². The fourth-order valence-corrected chi connectivity index (χ4v) is 8.49. The molecule has 1 fully saturated rings. The van der Waals surface area contributed by atoms with Gasteiger partial charge in [0, 0.05) is 110 Å². The minimum absolute atomic E-state index is 0.287. The van der Waals surface area contributed by atoms with Gasteiger partial charge in [0.15, 0.2) is 0 Å². The Morgan fingerprint density at radius 3 is 2.14 bits per heavy atom. The van der Waals surface area contributed by atoms with Crippen LogP contribution >= 0.6 is 39.1 Å². The summed E-state index contributed by atoms with van der Waals surface area (Å²) in [6.45, 7) is 16.3. The van der Waals surface area contributed by atoms with Crippen LogP contribution in [-0.4, -0.2) is 107 Å². The van der Waals surface area contributed by atoms with Gasteiger partial charge in [0.25, 0.3) is 0 Å². The monoisotopic (exact) mass is 1160 g/mol. The molecule has 4 aromatic carbocycles. The quantitative estimate of drug-likeness (QED) is 0.0990. The first-order valence-electron chi connectivity index (χ1n) is 24.8. The molecule has 0 atom stereocenters. The van der Waals surface area contributed by atoms with Gasteiger partial charge >= 0.3 is 13.2 Å². The number of halogens is 5. The number of hydrogen-bond acceptors (Lipinski definition) is 11. The van der Waals surface area contributed by atoms with Crippen molar-refractivity contribution in [2.24, 2.45) is 0 Å². The zero-order valence-corrected chi connectivity index (χ0v) is 47.6. The molecular formula is C57H57BBrCl2F2N11O4. The predicted octanol–water partition coefficient (Wildman–Crippen LogP) is 11.8. The van der Waals surface area contributed by atoms with Gasteiger partial charge in [-0.05, 0) is 150 Å². The zero-order chi connectivity index (χ0) is 55.9. The third kappa shape index (κ3) is 14.4. The summed E-state index contributed by atoms with van der Waals surface area (Å²) in [5.41, 5.74) is 6.42. The number of nitrogens with one attached hydrogen (secondary N) is 2. The number of hydrogen-bond donors (Lipinski definition) is 2. The molecule has 2 N–H and O–H groups in total. The Morgan fingerprint density at radius 2 is 1.41 bits per heavy atom. The summed E-state index contributed by atoms with van der Waals surface area (Å²) in [5, 5.41) is 25.7. The molecule has 15 nitrogen and oxygen atoms in total. The normalized spacial score (nSPS) is 13.5. The van der Waals surface area contributed by atoms with Gasteiger partial charge in [0.05, 0.1) is 47.1 Å². The average Bonchev–Trinajstić information content (AvgIpc) is 4.27. The second-order valence-corrected chi connectivity index (χ2v) is 22.1. The van der Waals surface area contributed by atoms with E-state index in [1.807, 2.05) is 127 Å². The molecule has 1 amide bonds. The molecule has 10 rings (SSSR count). The highest BCUT2D eigenvalue weighted by Crippen LogP contribution is 2.37. The van der Waals surface area contributed by atoms with Gasteiger partial charge in [0.1, 0.15) is 28.6 Å². The summed E-state index contributed by atoms with van der Waals surface area (Å²) in [6, 6.07) is 24.2. The maximum absolute atomic E-state index is 14.4. The minimum atomic E-state index is -0.499. The lowest BCUT2D eigenvalue weighted by Crippen LogP contribution is -2.41. The van der Waals surface area contributed by atoms with Crippen molar-refractivity contribution < 1.29 is 27.6 Å². The highest BCUT2D eigenvalue weighted by molar-refractivity contribution is 9.10. The van der Waals surface area contributed by atoms with Crippen LogP contribution in [0.2, 0.25) is 10.0 Å². The van der Waals surface area contributed by atoms with Gasteiger partial charge in [-0.3, -0.25) is 19.3 Å². The summed E-state index contributed by atoms with van der Waals surface area (Å²) in [7, 11) is 3.20. The van der Waals surface area contributed by atoms with E-state index in [4.69, 9.17) is 37.2 Å². The number of fused-ring (bicyclic) bond motifs is 2. The molecule has 78 heavy (non-hydrogen) atoms. The Kier molecular flexibility index (Phi) is 17.8. The molecule has 6 heterocycles. The van der Waals surface area contributed by atoms with Crippen LogP contribution in [0.15, 0.2) is 127 Å². The fraction of sp³-hybridized carbons (Fsp3) is 0.281. The van der Waals surface area contributed by atoms with Gasteiger partial charge in [-0.25, -0.2) is 13.6 Å². The van der Waals surface area contributed by atoms with Crippen LogP contribution in [-0.2, 0) is 27.1 Å². The standard InChI is InChI=1S/C23H19ClFN7.C17H30BN3O4.C17H8BrClFN/c1-26-6-7-32-13-17(12-28-32)16-9-15-8-14(2-5-21(15)27-11-16)22-23(30-31-29-22)19-10-18(24)3-4-20(19)25;1-15(2,3)23-14(22)20(8)9-10-21-12-13(11-19-21)18-24-16(4,5)17(6,7)25-18;18-14-8-13-7-11(2-6-17(13)21-10-14)1-3-12-9-15(19)4-5-16(12)20/h2-5,8-13,26H,6-7H2,1H3,(H,29,30,31);11-12H,9-10H2,1-8H3;2,4-10H. The van der Waals surface area contributed by atoms with E-state index >= 15 is 0 Å². The van der Waals surface area contributed by atoms with Crippen molar-refractivity contribution in [2.75, 3.05) is 27.2 Å². The van der Waals surface area contributed by atoms with Gasteiger partial charge < -0.3 is 24.3 Å². The molecule has 21 heteroatoms. The molecule has 0 bridgehead atoms. The lowest BCUT2D eigenvalue weighted by atomic mass is 9.82. The second kappa shape index (κ2) is 24.3. The van der Waals surface area contributed by atoms with Crippen LogP contribution in [0.25, 0.3) is 55.4 Å². The van der Waals surface area contributed by atoms with Crippen LogP contribution in [0.4, 0.5) is 13.6 Å². The summed E-state index contributed by atoms with van der Waals surface area (Å²) in [6.07, 6.45) is 10.7. The SMILES string of the molecule is CN(CCn1cc(B2OC(C)(C)C(C)(C)O2)cn1)C(=O)OC(C)(C)C.CNCCn1cc(-c2cnc3ccc(-c4n[nH]nc4-c4cc(Cl)ccc4F)cc3c2)cn1.Fc1ccc(Cl)cc1C#Cc1ccc2ncc(Br)cc2c1. The lowest BCUT2D eigenvalue weighted by molar-refractivity contribution is 0.00578. The van der Waals surface area contributed by atoms with E-state index in [0.717, 1.165) is 67.1 Å². The molecule has 402 valence electrons. The van der Waals surface area contributed by atoms with Gasteiger partial charge in [-0.1, -0.05) is 41.1 Å². The summed E-state index contributed by atoms with van der Waals surface area (Å²) < 4.78 is 50.0. The van der Waals surface area contributed by atoms with Crippen molar-refractivity contribution >= 4 is 79.6 Å². The molecule has 0 unspecified atom stereocenters. The van der Waals surface area contributed by atoms with Gasteiger partial charge in [-0.2, -0.15) is 25.6 Å². The first-order valence-corrected chi connectivity index (χ1v) is 26.4. The minimum Gasteiger partial charge on any atom is -0.444 e. The summed E-state index contributed by atoms with van der Waals surface area (Å²) in [4.78, 5) is 22.4. The molecule has 1 aliphatic rings. The van der Waals surface area contributed by atoms with Crippen molar-refractivity contribution in [1.29, 1.82) is 0 Å². The molecule has 0 radical (unpaired) electrons. The van der Waals surface area contributed by atoms with Crippen molar-refractivity contribution in [1.82, 2.24) is 55.2 Å². The highest BCUT2D eigenvalue weighted by Gasteiger charge is 2.52. The van der Waals surface area contributed by atoms with Crippen LogP contribution < -0.4 is 10.8 Å². The number of aromatic amines is 1. The number of benzene rings is 4. The van der Waals surface area contributed by atoms with E-state index in [0.29, 0.717) is 40.1 Å². The number of aromatic nitrogens is 9. The van der Waals surface area contributed by atoms with Crippen molar-refractivity contribution in [3.63, 3.8) is 0 Å². The Morgan fingerprint density at radius 1 is 0.769 bits per heavy atom. The first-order chi connectivity index (χ1) is 37.0. The Bertz CT molecular complexity index is 3650. The number of pyridine rings is 2. The largest absolute Gasteiger partial charge is 0.498 e. The van der Waals surface area contributed by atoms with Crippen molar-refractivity contribution in [2.45, 2.75) is 78.4 Å². The smallest absolute Gasteiger partial charge is 0.444 e. The Balaban J connectivity index is 0.000000158. The molecule has 9 aromatic rings. The number of ether oxygens (including phenoxy) is 1. The van der Waals surface area contributed by atoms with Gasteiger partial charge in [0.2, 0.25) is 0 Å². The molecule has 0 spiro atoms. The summed E-state index contributed by atoms with van der Waals surface area (Å²) >= 11 is 15.3. The lowest BCUT2D eigenvalue weighted by Gasteiger charge is -2.32. The van der Waals surface area contributed by atoms with E-state index in [1.165, 1.54) is 30.3 Å². The van der Waals surface area contributed by atoms with E-state index in [2.05, 4.69) is 74.7 Å². The highest BCUT2D eigenvalue weighted by atomic mass is 79.9. The number of carbonyl (C=O) groups excluding carboxylic acids is 1. The summed E-state index contributed by atoms with van der Waals surface area (Å²) in [5.74, 6) is 4.97. The van der Waals surface area contributed by atoms with E-state index in [9.17, 15) is 13.6 Å². The number of carbonyl (C=O) groups is 1. The topological polar surface area (TPSA) is 163 Å². The van der Waals surface area contributed by atoms with E-state index in [1.54, 1.807) is 35.1 Å². The Hall–Kier alpha value is -7.05. The second-order valence-electron chi connectivity index (χ2n) is 20.3. The molecular weight excluding hydrogens is 1100 g/mol. The predicted molar refractivity (Wildman–Crippen MR) is 306 cm³/mol. The first kappa shape index (κ1) is 57.1. The van der Waals surface area contributed by atoms with Crippen LogP contribution in [0.5, 0.6) is 0 Å². The molecule has 1 aliphatic heterocycles. The zero-order valence-electron chi connectivity index (χ0n) is 44.5. The van der Waals surface area contributed by atoms with Gasteiger partial charge in [-0.15, -0.1) is 0 Å². The number of likely N-dealkylation sites (N-methyl/N-ethyl adjacent to an activating group) is 2. The van der Waals surface area contributed by atoms with E-state index in [-0.39, 0.29) is 28.7 Å². The molecule has 0 aliphatic carbocycles. The number of H-pyrrole nitrogens is 1. The van der Waals surface area contributed by atoms with Crippen LogP contribution in [0.3, 0.4) is 0 Å². The Labute approximate surface area is 470 Å². The molecule has 1 saturated heterocycles.